The highest BCUT2D eigenvalue weighted by molar-refractivity contribution is 6.35. The lowest BCUT2D eigenvalue weighted by molar-refractivity contribution is 0.782. The summed E-state index contributed by atoms with van der Waals surface area (Å²) in [6.45, 7) is 1.99. The second kappa shape index (κ2) is 6.56. The van der Waals surface area contributed by atoms with Crippen LogP contribution < -0.4 is 5.32 Å². The Hall–Kier alpha value is -1.83. The second-order valence-corrected chi connectivity index (χ2v) is 5.19. The van der Waals surface area contributed by atoms with Crippen LogP contribution in [0.4, 0.5) is 5.82 Å². The van der Waals surface area contributed by atoms with Crippen molar-refractivity contribution < 1.29 is 0 Å². The van der Waals surface area contributed by atoms with Crippen LogP contribution in [0.2, 0.25) is 10.0 Å². The molecule has 4 nitrogen and oxygen atoms in total. The molecular formula is C14H12Cl2N4. The summed E-state index contributed by atoms with van der Waals surface area (Å²) in [5.74, 6) is 0.479. The fraction of sp³-hybridized carbons (Fsp3) is 0.214. The van der Waals surface area contributed by atoms with E-state index in [0.29, 0.717) is 22.3 Å². The van der Waals surface area contributed by atoms with Crippen molar-refractivity contribution in [1.82, 2.24) is 9.97 Å². The molecule has 0 spiro atoms. The maximum absolute atomic E-state index is 8.97. The van der Waals surface area contributed by atoms with E-state index in [4.69, 9.17) is 28.5 Å². The molecule has 0 saturated heterocycles. The van der Waals surface area contributed by atoms with Crippen molar-refractivity contribution >= 4 is 29.0 Å². The van der Waals surface area contributed by atoms with Crippen LogP contribution in [-0.2, 0) is 6.42 Å². The van der Waals surface area contributed by atoms with Crippen LogP contribution in [0.5, 0.6) is 0 Å². The molecule has 0 bridgehead atoms. The van der Waals surface area contributed by atoms with Crippen molar-refractivity contribution in [3.63, 3.8) is 0 Å². The van der Waals surface area contributed by atoms with Gasteiger partial charge in [0.1, 0.15) is 6.07 Å². The Kier molecular flexibility index (Phi) is 4.78. The average molecular weight is 307 g/mol. The summed E-state index contributed by atoms with van der Waals surface area (Å²) in [5, 5.41) is 13.4. The van der Waals surface area contributed by atoms with Crippen molar-refractivity contribution in [2.45, 2.75) is 19.4 Å². The van der Waals surface area contributed by atoms with Crippen molar-refractivity contribution in [3.8, 4) is 6.07 Å². The van der Waals surface area contributed by atoms with Crippen LogP contribution in [-0.4, -0.2) is 16.0 Å². The number of hydrogen-bond donors (Lipinski definition) is 1. The number of nitriles is 1. The minimum absolute atomic E-state index is 0.0532. The average Bonchev–Trinajstić information content (AvgIpc) is 2.42. The molecule has 0 fully saturated rings. The number of halogens is 2. The minimum atomic E-state index is 0.0532. The second-order valence-electron chi connectivity index (χ2n) is 4.35. The van der Waals surface area contributed by atoms with Gasteiger partial charge < -0.3 is 5.32 Å². The number of nitrogens with one attached hydrogen (secondary N) is 1. The van der Waals surface area contributed by atoms with E-state index in [1.54, 1.807) is 18.3 Å². The van der Waals surface area contributed by atoms with Crippen LogP contribution in [0.1, 0.15) is 18.2 Å². The molecule has 0 aliphatic rings. The lowest BCUT2D eigenvalue weighted by atomic mass is 10.1. The molecule has 0 saturated carbocycles. The van der Waals surface area contributed by atoms with Gasteiger partial charge in [0.25, 0.3) is 0 Å². The first-order valence-corrected chi connectivity index (χ1v) is 6.77. The topological polar surface area (TPSA) is 61.6 Å². The molecular weight excluding hydrogens is 295 g/mol. The van der Waals surface area contributed by atoms with E-state index in [-0.39, 0.29) is 11.7 Å². The lowest BCUT2D eigenvalue weighted by Gasteiger charge is -2.15. The fourth-order valence-electron chi connectivity index (χ4n) is 1.83. The zero-order chi connectivity index (χ0) is 14.5. The van der Waals surface area contributed by atoms with Gasteiger partial charge in [-0.3, -0.25) is 0 Å². The molecule has 0 radical (unpaired) electrons. The summed E-state index contributed by atoms with van der Waals surface area (Å²) < 4.78 is 0. The van der Waals surface area contributed by atoms with Gasteiger partial charge in [-0.15, -0.1) is 0 Å². The molecule has 0 amide bonds. The Morgan fingerprint density at radius 1 is 1.30 bits per heavy atom. The molecule has 0 aliphatic heterocycles. The summed E-state index contributed by atoms with van der Waals surface area (Å²) in [6.07, 6.45) is 3.73. The minimum Gasteiger partial charge on any atom is -0.365 e. The Balaban J connectivity index is 2.09. The highest BCUT2D eigenvalue weighted by atomic mass is 35.5. The molecule has 102 valence electrons. The predicted octanol–water partition coefficient (Wildman–Crippen LogP) is 3.70. The number of anilines is 1. The van der Waals surface area contributed by atoms with Gasteiger partial charge >= 0.3 is 0 Å². The van der Waals surface area contributed by atoms with Gasteiger partial charge in [0.15, 0.2) is 11.5 Å². The molecule has 1 N–H and O–H groups in total. The largest absolute Gasteiger partial charge is 0.365 e. The van der Waals surface area contributed by atoms with Crippen molar-refractivity contribution in [2.24, 2.45) is 0 Å². The summed E-state index contributed by atoms with van der Waals surface area (Å²) in [5.41, 5.74) is 1.26. The highest BCUT2D eigenvalue weighted by Gasteiger charge is 2.11. The Labute approximate surface area is 127 Å². The van der Waals surface area contributed by atoms with E-state index in [1.807, 2.05) is 19.1 Å². The standard InChI is InChI=1S/C14H12Cl2N4/c1-9(6-10-2-3-11(15)7-12(10)16)20-14-13(8-17)18-4-5-19-14/h2-5,7,9H,6H2,1H3,(H,19,20). The Morgan fingerprint density at radius 2 is 2.05 bits per heavy atom. The van der Waals surface area contributed by atoms with Gasteiger partial charge in [-0.25, -0.2) is 9.97 Å². The fourth-order valence-corrected chi connectivity index (χ4v) is 2.31. The molecule has 1 aromatic carbocycles. The maximum atomic E-state index is 8.97. The van der Waals surface area contributed by atoms with Crippen LogP contribution in [0.3, 0.4) is 0 Å². The van der Waals surface area contributed by atoms with Gasteiger partial charge in [-0.05, 0) is 31.0 Å². The van der Waals surface area contributed by atoms with E-state index in [2.05, 4.69) is 15.3 Å². The number of benzene rings is 1. The highest BCUT2D eigenvalue weighted by Crippen LogP contribution is 2.22. The molecule has 1 unspecified atom stereocenters. The number of rotatable bonds is 4. The third kappa shape index (κ3) is 3.60. The molecule has 1 heterocycles. The Bertz CT molecular complexity index is 652. The zero-order valence-corrected chi connectivity index (χ0v) is 12.3. The van der Waals surface area contributed by atoms with Gasteiger partial charge in [0, 0.05) is 28.5 Å². The van der Waals surface area contributed by atoms with Crippen LogP contribution in [0.25, 0.3) is 0 Å². The first-order chi connectivity index (χ1) is 9.60. The van der Waals surface area contributed by atoms with Crippen molar-refractivity contribution in [2.75, 3.05) is 5.32 Å². The summed E-state index contributed by atoms with van der Waals surface area (Å²) in [4.78, 5) is 8.07. The molecule has 1 atom stereocenters. The third-order valence-electron chi connectivity index (χ3n) is 2.73. The van der Waals surface area contributed by atoms with Gasteiger partial charge in [-0.2, -0.15) is 5.26 Å². The molecule has 1 aromatic heterocycles. The summed E-state index contributed by atoms with van der Waals surface area (Å²) >= 11 is 12.0. The molecule has 0 aliphatic carbocycles. The monoisotopic (exact) mass is 306 g/mol. The number of aromatic nitrogens is 2. The molecule has 6 heteroatoms. The quantitative estimate of drug-likeness (QED) is 0.935. The van der Waals surface area contributed by atoms with Crippen molar-refractivity contribution in [1.29, 1.82) is 5.26 Å². The summed E-state index contributed by atoms with van der Waals surface area (Å²) in [7, 11) is 0. The van der Waals surface area contributed by atoms with Crippen LogP contribution >= 0.6 is 23.2 Å². The van der Waals surface area contributed by atoms with Gasteiger partial charge in [0.05, 0.1) is 0 Å². The molecule has 2 rings (SSSR count). The van der Waals surface area contributed by atoms with E-state index >= 15 is 0 Å². The Morgan fingerprint density at radius 3 is 2.75 bits per heavy atom. The van der Waals surface area contributed by atoms with E-state index in [1.165, 1.54) is 6.20 Å². The molecule has 2 aromatic rings. The SMILES string of the molecule is CC(Cc1ccc(Cl)cc1Cl)Nc1nccnc1C#N. The van der Waals surface area contributed by atoms with Gasteiger partial charge in [-0.1, -0.05) is 29.3 Å². The first kappa shape index (κ1) is 14.6. The first-order valence-electron chi connectivity index (χ1n) is 6.01. The van der Waals surface area contributed by atoms with E-state index < -0.39 is 0 Å². The maximum Gasteiger partial charge on any atom is 0.182 e. The van der Waals surface area contributed by atoms with E-state index in [9.17, 15) is 0 Å². The van der Waals surface area contributed by atoms with Crippen LogP contribution in [0, 0.1) is 11.3 Å². The zero-order valence-electron chi connectivity index (χ0n) is 10.8. The van der Waals surface area contributed by atoms with Crippen molar-refractivity contribution in [3.05, 3.63) is 51.9 Å². The van der Waals surface area contributed by atoms with Gasteiger partial charge in [0.2, 0.25) is 0 Å². The normalized spacial score (nSPS) is 11.7. The predicted molar refractivity (Wildman–Crippen MR) is 80.0 cm³/mol. The summed E-state index contributed by atoms with van der Waals surface area (Å²) in [6, 6.07) is 7.47. The van der Waals surface area contributed by atoms with E-state index in [0.717, 1.165) is 5.56 Å². The third-order valence-corrected chi connectivity index (χ3v) is 3.32. The number of hydrogen-bond acceptors (Lipinski definition) is 4. The van der Waals surface area contributed by atoms with Crippen LogP contribution in [0.15, 0.2) is 30.6 Å². The lowest BCUT2D eigenvalue weighted by Crippen LogP contribution is -2.20. The molecule has 20 heavy (non-hydrogen) atoms. The smallest absolute Gasteiger partial charge is 0.182 e. The number of nitrogens with zero attached hydrogens (tertiary/aromatic N) is 3.